The van der Waals surface area contributed by atoms with Gasteiger partial charge in [-0.25, -0.2) is 0 Å². The van der Waals surface area contributed by atoms with E-state index in [1.165, 1.54) is 38.5 Å². The second kappa shape index (κ2) is 14.1. The van der Waals surface area contributed by atoms with Gasteiger partial charge in [0.25, 0.3) is 0 Å². The molecule has 0 saturated carbocycles. The molecule has 0 fully saturated rings. The maximum absolute atomic E-state index is 7.56. The van der Waals surface area contributed by atoms with Gasteiger partial charge in [-0.1, -0.05) is 0 Å². The maximum Gasteiger partial charge on any atom is 0.319 e. The van der Waals surface area contributed by atoms with Gasteiger partial charge in [-0.2, -0.15) is 0 Å². The predicted molar refractivity (Wildman–Crippen MR) is 89.3 cm³/mol. The van der Waals surface area contributed by atoms with Gasteiger partial charge in [0.1, 0.15) is 0 Å². The van der Waals surface area contributed by atoms with Crippen LogP contribution >= 0.6 is 13.4 Å². The van der Waals surface area contributed by atoms with E-state index in [0.717, 1.165) is 0 Å². The van der Waals surface area contributed by atoms with Crippen molar-refractivity contribution in [2.75, 3.05) is 0 Å². The summed E-state index contributed by atoms with van der Waals surface area (Å²) in [6, 6.07) is 0. The Morgan fingerprint density at radius 1 is 0.810 bits per heavy atom. The third-order valence-electron chi connectivity index (χ3n) is 2.52. The fourth-order valence-corrected chi connectivity index (χ4v) is 1.66. The molecule has 0 unspecified atom stereocenters. The summed E-state index contributed by atoms with van der Waals surface area (Å²) in [7, 11) is 0. The third kappa shape index (κ3) is 44.9. The van der Waals surface area contributed by atoms with Crippen LogP contribution in [0.5, 0.6) is 0 Å². The second-order valence-electron chi connectivity index (χ2n) is 4.37. The first-order valence-corrected chi connectivity index (χ1v) is 12.8. The van der Waals surface area contributed by atoms with Crippen molar-refractivity contribution >= 4 is 37.1 Å². The summed E-state index contributed by atoms with van der Waals surface area (Å²) in [5, 5.41) is 0. The van der Waals surface area contributed by atoms with Gasteiger partial charge in [-0.15, -0.1) is 0 Å². The summed E-state index contributed by atoms with van der Waals surface area (Å²) in [5.74, 6) is 0. The average Bonchev–Trinajstić information content (AvgIpc) is 2.25. The molecule has 0 aliphatic carbocycles. The van der Waals surface area contributed by atoms with Crippen LogP contribution in [0.25, 0.3) is 0 Å². The molecule has 131 valence electrons. The minimum absolute atomic E-state index is 0.644. The van der Waals surface area contributed by atoms with Crippen molar-refractivity contribution in [1.29, 1.82) is 0 Å². The Bertz CT molecular complexity index is 293. The zero-order chi connectivity index (χ0) is 17.7. The van der Waals surface area contributed by atoms with Crippen molar-refractivity contribution < 1.29 is 49.2 Å². The fraction of sp³-hybridized carbons (Fsp3) is 1.00. The van der Waals surface area contributed by atoms with Gasteiger partial charge in [-0.05, 0) is 23.6 Å². The van der Waals surface area contributed by atoms with Gasteiger partial charge in [0, 0.05) is 0 Å². The second-order valence-corrected chi connectivity index (χ2v) is 11.5. The molecule has 0 radical (unpaired) electrons. The van der Waals surface area contributed by atoms with Crippen molar-refractivity contribution in [1.82, 2.24) is 0 Å². The molecule has 0 aliphatic rings. The van der Waals surface area contributed by atoms with E-state index in [-0.39, 0.29) is 0 Å². The Balaban J connectivity index is -0.000000270. The molecule has 0 aromatic heterocycles. The van der Waals surface area contributed by atoms with E-state index in [1.54, 1.807) is 0 Å². The number of rotatable bonds is 6. The Morgan fingerprint density at radius 3 is 1.29 bits per heavy atom. The summed E-state index contributed by atoms with van der Waals surface area (Å²) in [6.45, 7) is -0.702. The van der Waals surface area contributed by atoms with Crippen LogP contribution in [0.15, 0.2) is 0 Å². The number of hydrogen-bond acceptors (Lipinski definition) is 2. The molecule has 0 aliphatic heterocycles. The molecule has 0 atom stereocenters. The summed E-state index contributed by atoms with van der Waals surface area (Å²) in [4.78, 5) is 45.3. The first kappa shape index (κ1) is 27.6. The van der Waals surface area contributed by atoms with E-state index >= 15 is 0 Å². The van der Waals surface area contributed by atoms with E-state index in [0.29, 0.717) is 3.80 Å². The molecule has 0 rings (SSSR count). The van der Waals surface area contributed by atoms with Gasteiger partial charge >= 0.3 is 96.4 Å². The summed E-state index contributed by atoms with van der Waals surface area (Å²) in [5.41, 5.74) is 0. The molecule has 0 saturated heterocycles. The molecule has 0 aromatic carbocycles. The monoisotopic (exact) mass is 467 g/mol. The van der Waals surface area contributed by atoms with E-state index < -0.39 is 13.4 Å². The Morgan fingerprint density at radius 2 is 1.10 bits per heavy atom. The Kier molecular flexibility index (Phi) is 18.6. The summed E-state index contributed by atoms with van der Waals surface area (Å²) >= 11 is 9.55. The Hall–Kier alpha value is 1.75. The largest absolute Gasteiger partial charge is 0.325 e. The van der Waals surface area contributed by atoms with Crippen molar-refractivity contribution in [3.63, 3.8) is 0 Å². The third-order valence-corrected chi connectivity index (χ3v) is 4.45. The van der Waals surface area contributed by atoms with Crippen LogP contribution < -0.4 is 0 Å². The van der Waals surface area contributed by atoms with Crippen LogP contribution in [0.3, 0.4) is 0 Å². The molecule has 0 spiro atoms. The van der Waals surface area contributed by atoms with Crippen LogP contribution in [0.1, 0.15) is 59.3 Å². The molecule has 0 bridgehead atoms. The van der Waals surface area contributed by atoms with Crippen LogP contribution in [-0.2, 0) is 43.4 Å². The first-order chi connectivity index (χ1) is 9.18. The van der Waals surface area contributed by atoms with Crippen molar-refractivity contribution in [2.45, 2.75) is 63.1 Å². The molecule has 0 heterocycles. The molecular formula is C10H27MoO6P2S2. The summed E-state index contributed by atoms with van der Waals surface area (Å²) in [6.07, 6.45) is 8.31. The van der Waals surface area contributed by atoms with Gasteiger partial charge < -0.3 is 29.4 Å². The minimum atomic E-state index is -3.81. The van der Waals surface area contributed by atoms with Gasteiger partial charge in [0.05, 0.1) is 0 Å². The number of unbranched alkanes of at least 4 members (excludes halogenated alkanes) is 2. The zero-order valence-electron chi connectivity index (χ0n) is 12.5. The average molecular weight is 465 g/mol. The molecular weight excluding hydrogens is 438 g/mol. The summed E-state index contributed by atoms with van der Waals surface area (Å²) < 4.78 is 0.644. The van der Waals surface area contributed by atoms with Crippen LogP contribution in [0.2, 0.25) is 3.80 Å². The van der Waals surface area contributed by atoms with Crippen molar-refractivity contribution in [2.24, 2.45) is 0 Å². The molecule has 6 N–H and O–H groups in total. The number of hydrogen-bond donors (Lipinski definition) is 6. The van der Waals surface area contributed by atoms with E-state index in [4.69, 9.17) is 29.4 Å². The standard InChI is InChI=1S/C10H21.Mo.2H3O3PS/c1-4-7-8-9-10(5-2)6-3;;2*1-4(2,3)5/h4-9H2,1-3H3;;2*(H3,1,2,3,5). The fourth-order valence-electron chi connectivity index (χ4n) is 1.30. The molecule has 0 amide bonds. The van der Waals surface area contributed by atoms with Gasteiger partial charge in [-0.3, -0.25) is 0 Å². The predicted octanol–water partition coefficient (Wildman–Crippen LogP) is 2.47. The molecule has 6 nitrogen and oxygen atoms in total. The SMILES string of the molecule is CCCCC[C]([Mo])(CC)CC.OP(O)(O)=S.OP(O)(O)=S. The smallest absolute Gasteiger partial charge is 0.319 e. The molecule has 21 heavy (non-hydrogen) atoms. The quantitative estimate of drug-likeness (QED) is 0.201. The normalized spacial score (nSPS) is 11.9. The molecule has 0 aromatic rings. The minimum Gasteiger partial charge on any atom is -0.325 e. The first-order valence-electron chi connectivity index (χ1n) is 6.45. The Labute approximate surface area is 149 Å². The van der Waals surface area contributed by atoms with Gasteiger partial charge in [0.15, 0.2) is 0 Å². The van der Waals surface area contributed by atoms with Gasteiger partial charge in [0.2, 0.25) is 0 Å². The van der Waals surface area contributed by atoms with E-state index in [2.05, 4.69) is 64.2 Å². The van der Waals surface area contributed by atoms with E-state index in [1.807, 2.05) is 0 Å². The van der Waals surface area contributed by atoms with Crippen molar-refractivity contribution in [3.8, 4) is 0 Å². The van der Waals surface area contributed by atoms with Crippen LogP contribution in [0, 0.1) is 0 Å². The van der Waals surface area contributed by atoms with Crippen LogP contribution in [-0.4, -0.2) is 29.4 Å². The topological polar surface area (TPSA) is 121 Å². The maximum atomic E-state index is 7.56. The van der Waals surface area contributed by atoms with Crippen LogP contribution in [0.4, 0.5) is 0 Å². The zero-order valence-corrected chi connectivity index (χ0v) is 18.0. The molecule has 11 heteroatoms. The van der Waals surface area contributed by atoms with E-state index in [9.17, 15) is 0 Å². The van der Waals surface area contributed by atoms with Crippen molar-refractivity contribution in [3.05, 3.63) is 0 Å².